The van der Waals surface area contributed by atoms with Crippen LogP contribution in [0.15, 0.2) is 54.6 Å². The predicted molar refractivity (Wildman–Crippen MR) is 117 cm³/mol. The van der Waals surface area contributed by atoms with Crippen LogP contribution in [0.4, 0.5) is 5.69 Å². The van der Waals surface area contributed by atoms with E-state index in [1.165, 1.54) is 18.2 Å². The van der Waals surface area contributed by atoms with Crippen molar-refractivity contribution >= 4 is 28.7 Å². The van der Waals surface area contributed by atoms with Gasteiger partial charge in [0.15, 0.2) is 0 Å². The van der Waals surface area contributed by atoms with Crippen molar-refractivity contribution in [2.24, 2.45) is 0 Å². The molecule has 1 N–H and O–H groups in total. The minimum atomic E-state index is -0.452. The van der Waals surface area contributed by atoms with Crippen molar-refractivity contribution in [2.45, 2.75) is 13.0 Å². The number of carbonyl (C=O) groups excluding carboxylic acids is 1. The van der Waals surface area contributed by atoms with E-state index in [2.05, 4.69) is 20.9 Å². The Morgan fingerprint density at radius 1 is 1.20 bits per heavy atom. The summed E-state index contributed by atoms with van der Waals surface area (Å²) in [5.41, 5.74) is 2.80. The molecule has 0 bridgehead atoms. The van der Waals surface area contributed by atoms with Crippen LogP contribution in [0.25, 0.3) is 17.1 Å². The van der Waals surface area contributed by atoms with Gasteiger partial charge in [0, 0.05) is 44.3 Å². The molecular weight excluding hydrogens is 382 g/mol. The van der Waals surface area contributed by atoms with Crippen molar-refractivity contribution < 1.29 is 9.72 Å². The fourth-order valence-corrected chi connectivity index (χ4v) is 3.10. The molecule has 8 heteroatoms. The number of fused-ring (bicyclic) bond motifs is 1. The Morgan fingerprint density at radius 2 is 1.93 bits per heavy atom. The van der Waals surface area contributed by atoms with E-state index in [9.17, 15) is 14.9 Å². The fraction of sp³-hybridized carbons (Fsp3) is 0.273. The molecule has 156 valence electrons. The highest BCUT2D eigenvalue weighted by molar-refractivity contribution is 5.91. The number of nitrogens with zero attached hydrogens (tertiary/aromatic N) is 4. The molecule has 0 saturated heterocycles. The zero-order valence-corrected chi connectivity index (χ0v) is 17.1. The van der Waals surface area contributed by atoms with Gasteiger partial charge >= 0.3 is 0 Å². The number of amides is 1. The molecule has 0 aliphatic rings. The second kappa shape index (κ2) is 9.80. The summed E-state index contributed by atoms with van der Waals surface area (Å²) in [6, 6.07) is 14.1. The monoisotopic (exact) mass is 407 g/mol. The summed E-state index contributed by atoms with van der Waals surface area (Å²) in [4.78, 5) is 29.2. The number of imidazole rings is 1. The molecule has 0 fully saturated rings. The van der Waals surface area contributed by atoms with Gasteiger partial charge in [-0.15, -0.1) is 0 Å². The third-order valence-electron chi connectivity index (χ3n) is 4.68. The maximum absolute atomic E-state index is 12.1. The van der Waals surface area contributed by atoms with Gasteiger partial charge in [0.05, 0.1) is 16.0 Å². The van der Waals surface area contributed by atoms with E-state index in [1.807, 2.05) is 32.3 Å². The Balaban J connectivity index is 1.59. The van der Waals surface area contributed by atoms with Crippen molar-refractivity contribution in [2.75, 3.05) is 27.2 Å². The fourth-order valence-electron chi connectivity index (χ4n) is 3.10. The zero-order chi connectivity index (χ0) is 21.5. The first kappa shape index (κ1) is 21.2. The number of nitrogens with one attached hydrogen (secondary N) is 1. The highest BCUT2D eigenvalue weighted by atomic mass is 16.6. The molecule has 0 saturated carbocycles. The Labute approximate surface area is 175 Å². The third kappa shape index (κ3) is 5.51. The molecule has 8 nitrogen and oxygen atoms in total. The first-order valence-corrected chi connectivity index (χ1v) is 9.73. The van der Waals surface area contributed by atoms with Crippen LogP contribution in [-0.4, -0.2) is 52.5 Å². The quantitative estimate of drug-likeness (QED) is 0.334. The molecule has 0 unspecified atom stereocenters. The summed E-state index contributed by atoms with van der Waals surface area (Å²) in [5.74, 6) is 0.724. The minimum Gasteiger partial charge on any atom is -0.352 e. The molecule has 2 aromatic carbocycles. The second-order valence-electron chi connectivity index (χ2n) is 7.19. The van der Waals surface area contributed by atoms with E-state index in [4.69, 9.17) is 4.98 Å². The predicted octanol–water partition coefficient (Wildman–Crippen LogP) is 2.88. The van der Waals surface area contributed by atoms with Crippen LogP contribution < -0.4 is 5.32 Å². The first-order chi connectivity index (χ1) is 14.4. The van der Waals surface area contributed by atoms with E-state index < -0.39 is 4.92 Å². The van der Waals surface area contributed by atoms with Gasteiger partial charge in [-0.05, 0) is 50.0 Å². The topological polar surface area (TPSA) is 93.3 Å². The molecule has 3 rings (SSSR count). The van der Waals surface area contributed by atoms with Crippen LogP contribution in [-0.2, 0) is 17.8 Å². The van der Waals surface area contributed by atoms with Crippen LogP contribution in [0.1, 0.15) is 11.4 Å². The largest absolute Gasteiger partial charge is 0.352 e. The SMILES string of the molecule is CN(C)CCn1c(CCNC(=O)/C=C/c2ccc([N+](=O)[O-])cc2)nc2ccccc21. The van der Waals surface area contributed by atoms with Crippen molar-refractivity contribution in [1.29, 1.82) is 0 Å². The molecule has 0 atom stereocenters. The van der Waals surface area contributed by atoms with Gasteiger partial charge < -0.3 is 14.8 Å². The second-order valence-corrected chi connectivity index (χ2v) is 7.19. The summed E-state index contributed by atoms with van der Waals surface area (Å²) in [6.07, 6.45) is 3.68. The highest BCUT2D eigenvalue weighted by Crippen LogP contribution is 2.16. The Hall–Kier alpha value is -3.52. The number of carbonyl (C=O) groups is 1. The molecule has 30 heavy (non-hydrogen) atoms. The first-order valence-electron chi connectivity index (χ1n) is 9.73. The van der Waals surface area contributed by atoms with Crippen LogP contribution in [0.2, 0.25) is 0 Å². The Morgan fingerprint density at radius 3 is 2.63 bits per heavy atom. The summed E-state index contributed by atoms with van der Waals surface area (Å²) >= 11 is 0. The van der Waals surface area contributed by atoms with Crippen LogP contribution in [0.3, 0.4) is 0 Å². The van der Waals surface area contributed by atoms with E-state index in [-0.39, 0.29) is 11.6 Å². The summed E-state index contributed by atoms with van der Waals surface area (Å²) in [6.45, 7) is 2.20. The molecule has 0 aliphatic carbocycles. The number of hydrogen-bond donors (Lipinski definition) is 1. The van der Waals surface area contributed by atoms with Gasteiger partial charge in [-0.2, -0.15) is 0 Å². The summed E-state index contributed by atoms with van der Waals surface area (Å²) < 4.78 is 2.20. The van der Waals surface area contributed by atoms with E-state index in [1.54, 1.807) is 18.2 Å². The normalized spacial score (nSPS) is 11.4. The smallest absolute Gasteiger partial charge is 0.269 e. The summed E-state index contributed by atoms with van der Waals surface area (Å²) in [5, 5.41) is 13.6. The number of benzene rings is 2. The van der Waals surface area contributed by atoms with Crippen molar-refractivity contribution in [1.82, 2.24) is 19.8 Å². The van der Waals surface area contributed by atoms with Gasteiger partial charge in [-0.3, -0.25) is 14.9 Å². The number of aromatic nitrogens is 2. The minimum absolute atomic E-state index is 0.0220. The lowest BCUT2D eigenvalue weighted by Gasteiger charge is -2.13. The van der Waals surface area contributed by atoms with Crippen molar-refractivity contribution in [3.05, 3.63) is 76.1 Å². The van der Waals surface area contributed by atoms with Crippen LogP contribution >= 0.6 is 0 Å². The molecule has 0 radical (unpaired) electrons. The van der Waals surface area contributed by atoms with Crippen LogP contribution in [0.5, 0.6) is 0 Å². The van der Waals surface area contributed by atoms with Gasteiger partial charge in [0.2, 0.25) is 5.91 Å². The zero-order valence-electron chi connectivity index (χ0n) is 17.1. The van der Waals surface area contributed by atoms with Crippen molar-refractivity contribution in [3.63, 3.8) is 0 Å². The lowest BCUT2D eigenvalue weighted by molar-refractivity contribution is -0.384. The molecule has 1 heterocycles. The Kier molecular flexibility index (Phi) is 6.92. The number of hydrogen-bond acceptors (Lipinski definition) is 5. The summed E-state index contributed by atoms with van der Waals surface area (Å²) in [7, 11) is 4.08. The van der Waals surface area contributed by atoms with Crippen LogP contribution in [0, 0.1) is 10.1 Å². The molecule has 0 spiro atoms. The van der Waals surface area contributed by atoms with Gasteiger partial charge in [-0.25, -0.2) is 4.98 Å². The number of rotatable bonds is 9. The van der Waals surface area contributed by atoms with E-state index in [0.717, 1.165) is 35.5 Å². The lowest BCUT2D eigenvalue weighted by atomic mass is 10.2. The molecule has 3 aromatic rings. The van der Waals surface area contributed by atoms with Crippen molar-refractivity contribution in [3.8, 4) is 0 Å². The molecule has 1 aromatic heterocycles. The van der Waals surface area contributed by atoms with E-state index in [0.29, 0.717) is 13.0 Å². The number of non-ortho nitro benzene ring substituents is 1. The van der Waals surface area contributed by atoms with Gasteiger partial charge in [-0.1, -0.05) is 12.1 Å². The average Bonchev–Trinajstić information content (AvgIpc) is 3.08. The maximum atomic E-state index is 12.1. The Bertz CT molecular complexity index is 1050. The standard InChI is InChI=1S/C22H25N5O3/c1-25(2)15-16-26-20-6-4-3-5-19(20)24-21(26)13-14-23-22(28)12-9-17-7-10-18(11-8-17)27(29)30/h3-12H,13-16H2,1-2H3,(H,23,28)/b12-9+. The highest BCUT2D eigenvalue weighted by Gasteiger charge is 2.10. The molecule has 1 amide bonds. The molecular formula is C22H25N5O3. The van der Waals surface area contributed by atoms with E-state index >= 15 is 0 Å². The third-order valence-corrected chi connectivity index (χ3v) is 4.68. The number of likely N-dealkylation sites (N-methyl/N-ethyl adjacent to an activating group) is 1. The molecule has 0 aliphatic heterocycles. The van der Waals surface area contributed by atoms with Gasteiger partial charge in [0.25, 0.3) is 5.69 Å². The number of nitro groups is 1. The number of nitro benzene ring substituents is 1. The van der Waals surface area contributed by atoms with Gasteiger partial charge in [0.1, 0.15) is 5.82 Å². The average molecular weight is 407 g/mol. The lowest BCUT2D eigenvalue weighted by Crippen LogP contribution is -2.25. The number of para-hydroxylation sites is 2. The maximum Gasteiger partial charge on any atom is 0.269 e.